The molecule has 0 aliphatic heterocycles. The van der Waals surface area contributed by atoms with E-state index >= 15 is 0 Å². The van der Waals surface area contributed by atoms with Gasteiger partial charge >= 0.3 is 5.97 Å². The summed E-state index contributed by atoms with van der Waals surface area (Å²) in [5.74, 6) is -1.62. The molecule has 7 aromatic rings. The Morgan fingerprint density at radius 2 is 1.53 bits per heavy atom. The van der Waals surface area contributed by atoms with Crippen LogP contribution in [0.15, 0.2) is 104 Å². The highest BCUT2D eigenvalue weighted by Gasteiger charge is 2.29. The maximum atomic E-state index is 13.8. The zero-order chi connectivity index (χ0) is 32.1. The van der Waals surface area contributed by atoms with E-state index in [9.17, 15) is 19.1 Å². The van der Waals surface area contributed by atoms with Crippen LogP contribution in [0, 0.1) is 5.82 Å². The summed E-state index contributed by atoms with van der Waals surface area (Å²) >= 11 is 0. The highest BCUT2D eigenvalue weighted by molar-refractivity contribution is 6.13. The topological polar surface area (TPSA) is 114 Å². The smallest absolute Gasteiger partial charge is 0.356 e. The van der Waals surface area contributed by atoms with Crippen LogP contribution >= 0.6 is 0 Å². The van der Waals surface area contributed by atoms with Gasteiger partial charge in [-0.15, -0.1) is 0 Å². The number of benzene rings is 2. The third kappa shape index (κ3) is 4.89. The second kappa shape index (κ2) is 11.5. The Morgan fingerprint density at radius 3 is 2.30 bits per heavy atom. The molecule has 5 aromatic heterocycles. The molecule has 0 saturated heterocycles. The van der Waals surface area contributed by atoms with E-state index in [1.54, 1.807) is 41.3 Å². The van der Waals surface area contributed by atoms with Crippen LogP contribution in [0.5, 0.6) is 0 Å². The molecule has 2 N–H and O–H groups in total. The lowest BCUT2D eigenvalue weighted by molar-refractivity contribution is 0.0691. The van der Waals surface area contributed by atoms with E-state index in [1.807, 2.05) is 54.6 Å². The number of amides is 1. The van der Waals surface area contributed by atoms with Crippen LogP contribution in [0.3, 0.4) is 0 Å². The number of fused-ring (bicyclic) bond motifs is 4. The Balaban J connectivity index is 1.09. The molecule has 232 valence electrons. The lowest BCUT2D eigenvalue weighted by Crippen LogP contribution is -2.38. The first-order valence-corrected chi connectivity index (χ1v) is 15.6. The summed E-state index contributed by atoms with van der Waals surface area (Å²) in [5.41, 5.74) is 5.91. The van der Waals surface area contributed by atoms with Crippen LogP contribution in [0.25, 0.3) is 49.7 Å². The molecule has 47 heavy (non-hydrogen) atoms. The first-order valence-electron chi connectivity index (χ1n) is 15.6. The molecule has 1 saturated carbocycles. The monoisotopic (exact) mass is 624 g/mol. The second-order valence-corrected chi connectivity index (χ2v) is 11.9. The van der Waals surface area contributed by atoms with Crippen LogP contribution in [0.2, 0.25) is 0 Å². The molecule has 0 unspecified atom stereocenters. The molecule has 9 nitrogen and oxygen atoms in total. The van der Waals surface area contributed by atoms with Crippen molar-refractivity contribution in [1.29, 1.82) is 0 Å². The highest BCUT2D eigenvalue weighted by atomic mass is 19.1. The molecule has 1 amide bonds. The van der Waals surface area contributed by atoms with Gasteiger partial charge in [0.2, 0.25) is 0 Å². The van der Waals surface area contributed by atoms with Gasteiger partial charge in [0.05, 0.1) is 11.0 Å². The number of hydrogen-bond acceptors (Lipinski definition) is 5. The van der Waals surface area contributed by atoms with Crippen LogP contribution in [-0.2, 0) is 0 Å². The molecule has 1 aliphatic carbocycles. The fourth-order valence-corrected chi connectivity index (χ4v) is 7.08. The molecule has 1 aliphatic rings. The number of aromatic carboxylic acids is 1. The van der Waals surface area contributed by atoms with Crippen molar-refractivity contribution in [2.24, 2.45) is 0 Å². The van der Waals surface area contributed by atoms with Crippen LogP contribution < -0.4 is 5.32 Å². The van der Waals surface area contributed by atoms with E-state index in [2.05, 4.69) is 19.9 Å². The van der Waals surface area contributed by atoms with Gasteiger partial charge in [0, 0.05) is 58.1 Å². The summed E-state index contributed by atoms with van der Waals surface area (Å²) in [6.45, 7) is 0. The van der Waals surface area contributed by atoms with Gasteiger partial charge < -0.3 is 15.0 Å². The van der Waals surface area contributed by atoms with Crippen molar-refractivity contribution in [2.75, 3.05) is 0 Å². The van der Waals surface area contributed by atoms with Gasteiger partial charge in [-0.2, -0.15) is 5.10 Å². The molecule has 0 bridgehead atoms. The average molecular weight is 625 g/mol. The maximum Gasteiger partial charge on any atom is 0.356 e. The van der Waals surface area contributed by atoms with E-state index in [-0.39, 0.29) is 29.5 Å². The number of halogens is 1. The molecule has 2 aromatic carbocycles. The Kier molecular flexibility index (Phi) is 6.97. The minimum atomic E-state index is -1.05. The van der Waals surface area contributed by atoms with E-state index in [1.165, 1.54) is 12.1 Å². The van der Waals surface area contributed by atoms with Gasteiger partial charge in [0.15, 0.2) is 5.69 Å². The van der Waals surface area contributed by atoms with Crippen LogP contribution in [-0.4, -0.2) is 47.2 Å². The first kappa shape index (κ1) is 28.6. The van der Waals surface area contributed by atoms with Gasteiger partial charge in [0.25, 0.3) is 5.91 Å². The fourth-order valence-electron chi connectivity index (χ4n) is 7.08. The number of pyridine rings is 3. The first-order chi connectivity index (χ1) is 23.0. The number of carboxylic acid groups (broad SMARTS) is 1. The van der Waals surface area contributed by atoms with E-state index < -0.39 is 5.97 Å². The molecular formula is C37H29FN6O3. The second-order valence-electron chi connectivity index (χ2n) is 11.9. The van der Waals surface area contributed by atoms with Gasteiger partial charge in [-0.3, -0.25) is 9.78 Å². The number of nitrogens with one attached hydrogen (secondary N) is 1. The lowest BCUT2D eigenvalue weighted by Gasteiger charge is -2.31. The summed E-state index contributed by atoms with van der Waals surface area (Å²) in [6, 6.07) is 25.3. The number of hydrogen-bond donors (Lipinski definition) is 2. The number of carbonyl (C=O) groups excluding carboxylic acids is 1. The Labute approximate surface area is 268 Å². The maximum absolute atomic E-state index is 13.8. The zero-order valence-electron chi connectivity index (χ0n) is 25.2. The molecule has 8 rings (SSSR count). The molecule has 1 fully saturated rings. The molecule has 10 heteroatoms. The van der Waals surface area contributed by atoms with Crippen molar-refractivity contribution in [3.8, 4) is 22.4 Å². The summed E-state index contributed by atoms with van der Waals surface area (Å²) in [7, 11) is 0. The molecule has 5 heterocycles. The lowest BCUT2D eigenvalue weighted by atomic mass is 9.90. The molecule has 0 spiro atoms. The quantitative estimate of drug-likeness (QED) is 0.200. The Hall–Kier alpha value is -5.90. The predicted molar refractivity (Wildman–Crippen MR) is 177 cm³/mol. The number of carbonyl (C=O) groups is 2. The van der Waals surface area contributed by atoms with Crippen molar-refractivity contribution in [2.45, 2.75) is 37.8 Å². The number of aromatic nitrogens is 5. The third-order valence-corrected chi connectivity index (χ3v) is 9.20. The summed E-state index contributed by atoms with van der Waals surface area (Å²) in [6.07, 6.45) is 7.95. The van der Waals surface area contributed by atoms with E-state index in [0.717, 1.165) is 64.2 Å². The average Bonchev–Trinajstić information content (AvgIpc) is 3.66. The summed E-state index contributed by atoms with van der Waals surface area (Å²) in [5, 5.41) is 20.0. The number of rotatable bonds is 6. The predicted octanol–water partition coefficient (Wildman–Crippen LogP) is 7.32. The van der Waals surface area contributed by atoms with Gasteiger partial charge in [-0.05, 0) is 91.9 Å². The largest absolute Gasteiger partial charge is 0.476 e. The van der Waals surface area contributed by atoms with Crippen LogP contribution in [0.1, 0.15) is 52.7 Å². The Bertz CT molecular complexity index is 2300. The van der Waals surface area contributed by atoms with Crippen LogP contribution in [0.4, 0.5) is 4.39 Å². The SMILES string of the molecule is O=C(O)c1nccc2c3ccccc3n([C@H]3CC[C@H](NC(=O)c4cccc5c(-c6ccncc6)c(-c6ccc(F)cc6)nn45)CC3)c12. The summed E-state index contributed by atoms with van der Waals surface area (Å²) < 4.78 is 17.6. The van der Waals surface area contributed by atoms with Crippen molar-refractivity contribution in [3.63, 3.8) is 0 Å². The zero-order valence-corrected chi connectivity index (χ0v) is 25.2. The van der Waals surface area contributed by atoms with Crippen molar-refractivity contribution < 1.29 is 19.1 Å². The number of nitrogens with zero attached hydrogens (tertiary/aromatic N) is 5. The van der Waals surface area contributed by atoms with Crippen molar-refractivity contribution in [1.82, 2.24) is 29.5 Å². The molecular weight excluding hydrogens is 595 g/mol. The van der Waals surface area contributed by atoms with Gasteiger partial charge in [-0.1, -0.05) is 24.3 Å². The van der Waals surface area contributed by atoms with Crippen molar-refractivity contribution in [3.05, 3.63) is 121 Å². The minimum Gasteiger partial charge on any atom is -0.476 e. The van der Waals surface area contributed by atoms with Gasteiger partial charge in [0.1, 0.15) is 17.2 Å². The standard InChI is InChI=1S/C37H29FN6O3/c38-24-10-8-23(9-11-24)33-32(22-16-19-39-20-17-22)30-6-3-7-31(44(30)42-33)36(45)41-25-12-14-26(15-13-25)43-29-5-2-1-4-27(29)28-18-21-40-34(35(28)43)37(46)47/h1-11,16-21,25-26H,12-15H2,(H,41,45)(H,46,47)/t25-,26-. The van der Waals surface area contributed by atoms with Gasteiger partial charge in [-0.25, -0.2) is 18.7 Å². The minimum absolute atomic E-state index is 0.0487. The Morgan fingerprint density at radius 1 is 0.787 bits per heavy atom. The van der Waals surface area contributed by atoms with E-state index in [4.69, 9.17) is 5.10 Å². The number of para-hydroxylation sites is 1. The normalized spacial score (nSPS) is 16.5. The van der Waals surface area contributed by atoms with Crippen molar-refractivity contribution >= 4 is 39.2 Å². The molecule has 0 atom stereocenters. The highest BCUT2D eigenvalue weighted by Crippen LogP contribution is 2.39. The fraction of sp³-hybridized carbons (Fsp3) is 0.162. The van der Waals surface area contributed by atoms with E-state index in [0.29, 0.717) is 16.9 Å². The third-order valence-electron chi connectivity index (χ3n) is 9.20. The summed E-state index contributed by atoms with van der Waals surface area (Å²) in [4.78, 5) is 34.4. The molecule has 0 radical (unpaired) electrons. The number of carboxylic acids is 1.